The van der Waals surface area contributed by atoms with Crippen molar-refractivity contribution in [2.45, 2.75) is 19.8 Å². The molecule has 0 atom stereocenters. The summed E-state index contributed by atoms with van der Waals surface area (Å²) in [6.07, 6.45) is 3.55. The number of carbonyl (C=O) groups excluding carboxylic acids is 1. The highest BCUT2D eigenvalue weighted by Gasteiger charge is 2.07. The molecule has 1 rings (SSSR count). The minimum absolute atomic E-state index is 0.0756. The predicted molar refractivity (Wildman–Crippen MR) is 55.4 cm³/mol. The van der Waals surface area contributed by atoms with Crippen molar-refractivity contribution in [3.8, 4) is 0 Å². The Labute approximate surface area is 88.5 Å². The SMILES string of the molecule is CCCc1cnnc(C(=O)NCCO)c1. The quantitative estimate of drug-likeness (QED) is 0.724. The molecule has 0 radical (unpaired) electrons. The van der Waals surface area contributed by atoms with Crippen LogP contribution in [0.2, 0.25) is 0 Å². The number of carbonyl (C=O) groups is 1. The lowest BCUT2D eigenvalue weighted by Gasteiger charge is -2.03. The Morgan fingerprint density at radius 3 is 3.07 bits per heavy atom. The van der Waals surface area contributed by atoms with Crippen LogP contribution < -0.4 is 5.32 Å². The van der Waals surface area contributed by atoms with Gasteiger partial charge in [-0.25, -0.2) is 0 Å². The third-order valence-corrected chi connectivity index (χ3v) is 1.88. The van der Waals surface area contributed by atoms with Crippen LogP contribution in [0.3, 0.4) is 0 Å². The van der Waals surface area contributed by atoms with Gasteiger partial charge in [0.1, 0.15) is 0 Å². The van der Waals surface area contributed by atoms with E-state index in [4.69, 9.17) is 5.11 Å². The first kappa shape index (κ1) is 11.6. The van der Waals surface area contributed by atoms with E-state index in [0.29, 0.717) is 5.69 Å². The molecule has 2 N–H and O–H groups in total. The zero-order valence-electron chi connectivity index (χ0n) is 8.73. The van der Waals surface area contributed by atoms with Crippen molar-refractivity contribution < 1.29 is 9.90 Å². The number of rotatable bonds is 5. The Kier molecular flexibility index (Phi) is 4.70. The Morgan fingerprint density at radius 2 is 2.40 bits per heavy atom. The predicted octanol–water partition coefficient (Wildman–Crippen LogP) is 0.151. The lowest BCUT2D eigenvalue weighted by molar-refractivity contribution is 0.0938. The summed E-state index contributed by atoms with van der Waals surface area (Å²) in [5.74, 6) is -0.297. The van der Waals surface area contributed by atoms with E-state index in [1.807, 2.05) is 0 Å². The third-order valence-electron chi connectivity index (χ3n) is 1.88. The number of aromatic nitrogens is 2. The second kappa shape index (κ2) is 6.08. The summed E-state index contributed by atoms with van der Waals surface area (Å²) in [5, 5.41) is 18.6. The van der Waals surface area contributed by atoms with Gasteiger partial charge in [-0.2, -0.15) is 5.10 Å². The van der Waals surface area contributed by atoms with Gasteiger partial charge in [-0.3, -0.25) is 4.79 Å². The number of hydrogen-bond acceptors (Lipinski definition) is 4. The van der Waals surface area contributed by atoms with Crippen LogP contribution >= 0.6 is 0 Å². The average Bonchev–Trinajstić information content (AvgIpc) is 2.27. The van der Waals surface area contributed by atoms with E-state index < -0.39 is 0 Å². The summed E-state index contributed by atoms with van der Waals surface area (Å²) in [5.41, 5.74) is 1.30. The molecule has 0 bridgehead atoms. The van der Waals surface area contributed by atoms with Crippen LogP contribution in [0.15, 0.2) is 12.3 Å². The fourth-order valence-electron chi connectivity index (χ4n) is 1.20. The minimum Gasteiger partial charge on any atom is -0.395 e. The summed E-state index contributed by atoms with van der Waals surface area (Å²) in [7, 11) is 0. The Balaban J connectivity index is 2.67. The van der Waals surface area contributed by atoms with Crippen molar-refractivity contribution in [1.29, 1.82) is 0 Å². The van der Waals surface area contributed by atoms with E-state index >= 15 is 0 Å². The molecule has 0 aromatic carbocycles. The van der Waals surface area contributed by atoms with Gasteiger partial charge in [0.05, 0.1) is 12.8 Å². The van der Waals surface area contributed by atoms with Gasteiger partial charge in [0.2, 0.25) is 0 Å². The molecule has 5 heteroatoms. The molecule has 0 saturated heterocycles. The molecule has 0 fully saturated rings. The van der Waals surface area contributed by atoms with E-state index in [9.17, 15) is 4.79 Å². The number of hydrogen-bond donors (Lipinski definition) is 2. The van der Waals surface area contributed by atoms with E-state index in [0.717, 1.165) is 18.4 Å². The van der Waals surface area contributed by atoms with Gasteiger partial charge in [-0.05, 0) is 18.1 Å². The molecule has 0 saturated carbocycles. The summed E-state index contributed by atoms with van der Waals surface area (Å²) in [6, 6.07) is 1.73. The van der Waals surface area contributed by atoms with E-state index in [-0.39, 0.29) is 19.1 Å². The van der Waals surface area contributed by atoms with Crippen LogP contribution in [0.4, 0.5) is 0 Å². The second-order valence-electron chi connectivity index (χ2n) is 3.18. The zero-order valence-corrected chi connectivity index (χ0v) is 8.73. The van der Waals surface area contributed by atoms with Crippen LogP contribution in [0, 0.1) is 0 Å². The molecule has 1 aromatic rings. The number of amides is 1. The molecule has 82 valence electrons. The third kappa shape index (κ3) is 3.63. The Hall–Kier alpha value is -1.49. The lowest BCUT2D eigenvalue weighted by atomic mass is 10.1. The first-order chi connectivity index (χ1) is 7.27. The largest absolute Gasteiger partial charge is 0.395 e. The molecule has 0 aliphatic rings. The van der Waals surface area contributed by atoms with Crippen molar-refractivity contribution in [2.24, 2.45) is 0 Å². The maximum Gasteiger partial charge on any atom is 0.271 e. The fraction of sp³-hybridized carbons (Fsp3) is 0.500. The smallest absolute Gasteiger partial charge is 0.271 e. The maximum absolute atomic E-state index is 11.4. The Bertz CT molecular complexity index is 328. The van der Waals surface area contributed by atoms with Crippen LogP contribution in [0.25, 0.3) is 0 Å². The number of aliphatic hydroxyl groups excluding tert-OH is 1. The Morgan fingerprint density at radius 1 is 1.60 bits per heavy atom. The highest BCUT2D eigenvalue weighted by Crippen LogP contribution is 2.02. The first-order valence-corrected chi connectivity index (χ1v) is 4.98. The van der Waals surface area contributed by atoms with E-state index in [2.05, 4.69) is 22.4 Å². The van der Waals surface area contributed by atoms with Gasteiger partial charge >= 0.3 is 0 Å². The highest BCUT2D eigenvalue weighted by atomic mass is 16.3. The van der Waals surface area contributed by atoms with Crippen molar-refractivity contribution in [3.63, 3.8) is 0 Å². The van der Waals surface area contributed by atoms with Crippen molar-refractivity contribution in [3.05, 3.63) is 23.5 Å². The lowest BCUT2D eigenvalue weighted by Crippen LogP contribution is -2.27. The molecule has 5 nitrogen and oxygen atoms in total. The van der Waals surface area contributed by atoms with Gasteiger partial charge in [0, 0.05) is 6.54 Å². The van der Waals surface area contributed by atoms with Gasteiger partial charge in [-0.1, -0.05) is 13.3 Å². The molecular weight excluding hydrogens is 194 g/mol. The zero-order chi connectivity index (χ0) is 11.1. The number of aryl methyl sites for hydroxylation is 1. The van der Waals surface area contributed by atoms with Crippen LogP contribution in [-0.2, 0) is 6.42 Å². The molecule has 0 spiro atoms. The number of nitrogens with one attached hydrogen (secondary N) is 1. The van der Waals surface area contributed by atoms with Crippen LogP contribution in [0.5, 0.6) is 0 Å². The minimum atomic E-state index is -0.297. The summed E-state index contributed by atoms with van der Waals surface area (Å²) in [6.45, 7) is 2.22. The molecule has 1 amide bonds. The summed E-state index contributed by atoms with van der Waals surface area (Å²) in [4.78, 5) is 11.4. The fourth-order valence-corrected chi connectivity index (χ4v) is 1.20. The molecular formula is C10H15N3O2. The monoisotopic (exact) mass is 209 g/mol. The van der Waals surface area contributed by atoms with Crippen molar-refractivity contribution in [2.75, 3.05) is 13.2 Å². The molecule has 0 unspecified atom stereocenters. The standard InChI is InChI=1S/C10H15N3O2/c1-2-3-8-6-9(13-12-7-8)10(15)11-4-5-14/h6-7,14H,2-5H2,1H3,(H,11,15). The van der Waals surface area contributed by atoms with E-state index in [1.165, 1.54) is 0 Å². The molecule has 1 aromatic heterocycles. The normalized spacial score (nSPS) is 10.0. The number of aliphatic hydroxyl groups is 1. The van der Waals surface area contributed by atoms with Gasteiger partial charge in [0.25, 0.3) is 5.91 Å². The second-order valence-corrected chi connectivity index (χ2v) is 3.18. The molecule has 0 aliphatic heterocycles. The first-order valence-electron chi connectivity index (χ1n) is 4.98. The van der Waals surface area contributed by atoms with Crippen LogP contribution in [-0.4, -0.2) is 34.4 Å². The molecule has 0 aliphatic carbocycles. The van der Waals surface area contributed by atoms with Crippen molar-refractivity contribution >= 4 is 5.91 Å². The van der Waals surface area contributed by atoms with Gasteiger partial charge in [-0.15, -0.1) is 5.10 Å². The molecule has 1 heterocycles. The number of nitrogens with zero attached hydrogens (tertiary/aromatic N) is 2. The molecule has 15 heavy (non-hydrogen) atoms. The summed E-state index contributed by atoms with van der Waals surface area (Å²) < 4.78 is 0. The average molecular weight is 209 g/mol. The van der Waals surface area contributed by atoms with E-state index in [1.54, 1.807) is 12.3 Å². The highest BCUT2D eigenvalue weighted by molar-refractivity contribution is 5.92. The van der Waals surface area contributed by atoms with Crippen molar-refractivity contribution in [1.82, 2.24) is 15.5 Å². The van der Waals surface area contributed by atoms with Gasteiger partial charge < -0.3 is 10.4 Å². The summed E-state index contributed by atoms with van der Waals surface area (Å²) >= 11 is 0. The van der Waals surface area contributed by atoms with Gasteiger partial charge in [0.15, 0.2) is 5.69 Å². The maximum atomic E-state index is 11.4. The van der Waals surface area contributed by atoms with Crippen LogP contribution in [0.1, 0.15) is 29.4 Å². The topological polar surface area (TPSA) is 75.1 Å².